The topological polar surface area (TPSA) is 61.4 Å². The average Bonchev–Trinajstić information content (AvgIpc) is 3.04. The van der Waals surface area contributed by atoms with Crippen LogP contribution in [0, 0.1) is 5.95 Å². The number of aromatic hydroxyl groups is 1. The minimum atomic E-state index is -0.507. The van der Waals surface area contributed by atoms with Crippen LogP contribution in [-0.2, 0) is 4.74 Å². The molecular formula is C19H20FN3O2. The Morgan fingerprint density at radius 1 is 1.28 bits per heavy atom. The van der Waals surface area contributed by atoms with Gasteiger partial charge in [0.15, 0.2) is 0 Å². The van der Waals surface area contributed by atoms with Gasteiger partial charge in [0.25, 0.3) is 0 Å². The average molecular weight is 341 g/mol. The van der Waals surface area contributed by atoms with E-state index in [0.29, 0.717) is 17.1 Å². The maximum Gasteiger partial charge on any atom is 0.224 e. The number of ether oxygens (including phenoxy) is 1. The van der Waals surface area contributed by atoms with Crippen molar-refractivity contribution in [2.45, 2.75) is 18.9 Å². The summed E-state index contributed by atoms with van der Waals surface area (Å²) in [5.74, 6) is 0.303. The van der Waals surface area contributed by atoms with Gasteiger partial charge in [-0.15, -0.1) is 0 Å². The number of anilines is 1. The molecular weight excluding hydrogens is 321 g/mol. The Morgan fingerprint density at radius 2 is 2.16 bits per heavy atom. The van der Waals surface area contributed by atoms with Crippen LogP contribution >= 0.6 is 0 Å². The summed E-state index contributed by atoms with van der Waals surface area (Å²) in [5, 5.41) is 10.5. The summed E-state index contributed by atoms with van der Waals surface area (Å²) in [7, 11) is 1.71. The molecule has 0 aliphatic carbocycles. The van der Waals surface area contributed by atoms with Crippen LogP contribution in [0.2, 0.25) is 0 Å². The maximum absolute atomic E-state index is 14.6. The van der Waals surface area contributed by atoms with E-state index in [1.165, 1.54) is 0 Å². The fraction of sp³-hybridized carbons (Fsp3) is 0.316. The number of phenols is 1. The van der Waals surface area contributed by atoms with Gasteiger partial charge in [-0.05, 0) is 43.2 Å². The third-order valence-electron chi connectivity index (χ3n) is 4.77. The highest BCUT2D eigenvalue weighted by Crippen LogP contribution is 2.29. The predicted octanol–water partition coefficient (Wildman–Crippen LogP) is 3.69. The zero-order valence-electron chi connectivity index (χ0n) is 14.0. The molecule has 0 spiro atoms. The van der Waals surface area contributed by atoms with Gasteiger partial charge >= 0.3 is 0 Å². The maximum atomic E-state index is 14.6. The summed E-state index contributed by atoms with van der Waals surface area (Å²) >= 11 is 0. The molecule has 2 N–H and O–H groups in total. The van der Waals surface area contributed by atoms with E-state index in [0.717, 1.165) is 36.8 Å². The van der Waals surface area contributed by atoms with E-state index in [9.17, 15) is 9.50 Å². The van der Waals surface area contributed by atoms with E-state index < -0.39 is 5.95 Å². The van der Waals surface area contributed by atoms with Gasteiger partial charge < -0.3 is 19.7 Å². The molecule has 3 heterocycles. The molecule has 0 radical (unpaired) electrons. The second-order valence-corrected chi connectivity index (χ2v) is 6.41. The van der Waals surface area contributed by atoms with Crippen molar-refractivity contribution in [1.82, 2.24) is 9.97 Å². The molecule has 0 unspecified atom stereocenters. The molecule has 0 saturated carbocycles. The number of aromatic nitrogens is 2. The summed E-state index contributed by atoms with van der Waals surface area (Å²) in [6.07, 6.45) is 2.20. The number of aromatic amines is 1. The van der Waals surface area contributed by atoms with Crippen LogP contribution in [0.25, 0.3) is 22.2 Å². The van der Waals surface area contributed by atoms with Crippen LogP contribution in [0.15, 0.2) is 36.4 Å². The Labute approximate surface area is 145 Å². The predicted molar refractivity (Wildman–Crippen MR) is 95.4 cm³/mol. The van der Waals surface area contributed by atoms with Gasteiger partial charge in [-0.25, -0.2) is 4.98 Å². The fourth-order valence-electron chi connectivity index (χ4n) is 3.40. The summed E-state index contributed by atoms with van der Waals surface area (Å²) in [4.78, 5) is 9.36. The van der Waals surface area contributed by atoms with Crippen LogP contribution in [0.4, 0.5) is 10.2 Å². The molecule has 130 valence electrons. The number of H-pyrrole nitrogens is 1. The van der Waals surface area contributed by atoms with Crippen LogP contribution < -0.4 is 4.90 Å². The number of hydrogen-bond donors (Lipinski definition) is 2. The normalized spacial score (nSPS) is 18.0. The van der Waals surface area contributed by atoms with Gasteiger partial charge in [0.2, 0.25) is 5.95 Å². The highest BCUT2D eigenvalue weighted by molar-refractivity contribution is 5.86. The zero-order chi connectivity index (χ0) is 17.4. The van der Waals surface area contributed by atoms with Crippen molar-refractivity contribution < 1.29 is 14.2 Å². The van der Waals surface area contributed by atoms with E-state index in [2.05, 4.69) is 14.9 Å². The van der Waals surface area contributed by atoms with Gasteiger partial charge in [-0.1, -0.05) is 0 Å². The number of fused-ring (bicyclic) bond motifs is 1. The van der Waals surface area contributed by atoms with Crippen LogP contribution in [0.5, 0.6) is 5.75 Å². The Balaban J connectivity index is 1.64. The number of pyridine rings is 1. The molecule has 2 aromatic heterocycles. The number of methoxy groups -OCH3 is 1. The molecule has 6 heteroatoms. The van der Waals surface area contributed by atoms with Gasteiger partial charge in [0, 0.05) is 37.2 Å². The van der Waals surface area contributed by atoms with E-state index in [4.69, 9.17) is 4.74 Å². The lowest BCUT2D eigenvalue weighted by molar-refractivity contribution is 0.0891. The first kappa shape index (κ1) is 15.9. The molecule has 0 bridgehead atoms. The van der Waals surface area contributed by atoms with Crippen molar-refractivity contribution in [2.24, 2.45) is 0 Å². The summed E-state index contributed by atoms with van der Waals surface area (Å²) in [6, 6.07) is 10.5. The summed E-state index contributed by atoms with van der Waals surface area (Å²) in [6.45, 7) is 1.59. The van der Waals surface area contributed by atoms with E-state index in [1.54, 1.807) is 31.4 Å². The minimum Gasteiger partial charge on any atom is -0.508 e. The molecule has 1 aromatic carbocycles. The highest BCUT2D eigenvalue weighted by atomic mass is 19.1. The van der Waals surface area contributed by atoms with Crippen LogP contribution in [0.3, 0.4) is 0 Å². The lowest BCUT2D eigenvalue weighted by Crippen LogP contribution is -2.39. The molecule has 4 rings (SSSR count). The van der Waals surface area contributed by atoms with Gasteiger partial charge in [-0.3, -0.25) is 0 Å². The van der Waals surface area contributed by atoms with Crippen LogP contribution in [0.1, 0.15) is 12.8 Å². The number of nitrogens with zero attached hydrogens (tertiary/aromatic N) is 2. The SMILES string of the molecule is CO[C@@H]1CCCN(c2ccc(-c3cc4ccc(O)cc4[nH]3)c(F)n2)C1. The Bertz CT molecular complexity index is 909. The van der Waals surface area contributed by atoms with Crippen molar-refractivity contribution in [3.63, 3.8) is 0 Å². The number of phenolic OH excluding ortho intramolecular Hbond substituents is 1. The highest BCUT2D eigenvalue weighted by Gasteiger charge is 2.21. The van der Waals surface area contributed by atoms with Crippen molar-refractivity contribution in [2.75, 3.05) is 25.1 Å². The first-order valence-corrected chi connectivity index (χ1v) is 8.40. The van der Waals surface area contributed by atoms with E-state index in [-0.39, 0.29) is 11.9 Å². The van der Waals surface area contributed by atoms with Gasteiger partial charge in [-0.2, -0.15) is 4.39 Å². The Kier molecular flexibility index (Phi) is 4.05. The second kappa shape index (κ2) is 6.37. The number of piperidine rings is 1. The summed E-state index contributed by atoms with van der Waals surface area (Å²) in [5.41, 5.74) is 1.82. The van der Waals surface area contributed by atoms with E-state index in [1.807, 2.05) is 12.1 Å². The molecule has 5 nitrogen and oxygen atoms in total. The van der Waals surface area contributed by atoms with Gasteiger partial charge in [0.1, 0.15) is 11.6 Å². The Hall–Kier alpha value is -2.60. The first-order chi connectivity index (χ1) is 12.1. The molecule has 0 amide bonds. The van der Waals surface area contributed by atoms with Gasteiger partial charge in [0.05, 0.1) is 17.4 Å². The smallest absolute Gasteiger partial charge is 0.224 e. The molecule has 1 fully saturated rings. The summed E-state index contributed by atoms with van der Waals surface area (Å²) < 4.78 is 20.1. The Morgan fingerprint density at radius 3 is 2.96 bits per heavy atom. The quantitative estimate of drug-likeness (QED) is 0.713. The molecule has 1 saturated heterocycles. The van der Waals surface area contributed by atoms with Crippen molar-refractivity contribution >= 4 is 16.7 Å². The number of halogens is 1. The third kappa shape index (κ3) is 3.05. The number of rotatable bonds is 3. The molecule has 3 aromatic rings. The number of hydrogen-bond acceptors (Lipinski definition) is 4. The monoisotopic (exact) mass is 341 g/mol. The number of nitrogens with one attached hydrogen (secondary N) is 1. The molecule has 25 heavy (non-hydrogen) atoms. The molecule has 1 aliphatic rings. The zero-order valence-corrected chi connectivity index (χ0v) is 14.0. The van der Waals surface area contributed by atoms with E-state index >= 15 is 0 Å². The molecule has 1 atom stereocenters. The van der Waals surface area contributed by atoms with Crippen molar-refractivity contribution in [3.05, 3.63) is 42.3 Å². The number of benzene rings is 1. The van der Waals surface area contributed by atoms with Crippen molar-refractivity contribution in [1.29, 1.82) is 0 Å². The largest absolute Gasteiger partial charge is 0.508 e. The molecule has 1 aliphatic heterocycles. The standard InChI is InChI=1S/C19H20FN3O2/c1-25-14-3-2-8-23(11-14)18-7-6-15(19(20)22-18)17-9-12-4-5-13(24)10-16(12)21-17/h4-7,9-10,14,21,24H,2-3,8,11H2,1H3/t14-/m1/s1. The van der Waals surface area contributed by atoms with Crippen molar-refractivity contribution in [3.8, 4) is 17.0 Å². The second-order valence-electron chi connectivity index (χ2n) is 6.41. The fourth-order valence-corrected chi connectivity index (χ4v) is 3.40. The minimum absolute atomic E-state index is 0.166. The lowest BCUT2D eigenvalue weighted by atomic mass is 10.1. The van der Waals surface area contributed by atoms with Crippen LogP contribution in [-0.4, -0.2) is 41.4 Å². The third-order valence-corrected chi connectivity index (χ3v) is 4.77. The lowest BCUT2D eigenvalue weighted by Gasteiger charge is -2.32. The first-order valence-electron chi connectivity index (χ1n) is 8.40.